The smallest absolute Gasteiger partial charge is 0.241 e. The number of ether oxygens (including phenoxy) is 2. The molecule has 0 unspecified atom stereocenters. The van der Waals surface area contributed by atoms with Gasteiger partial charge in [-0.15, -0.1) is 11.6 Å². The summed E-state index contributed by atoms with van der Waals surface area (Å²) in [6.07, 6.45) is 0. The van der Waals surface area contributed by atoms with E-state index in [1.54, 1.807) is 12.0 Å². The molecule has 0 aliphatic carbocycles. The van der Waals surface area contributed by atoms with Crippen molar-refractivity contribution in [1.82, 2.24) is 0 Å². The molecule has 1 aromatic rings. The number of para-hydroxylation sites is 1. The van der Waals surface area contributed by atoms with Crippen LogP contribution in [0.2, 0.25) is 0 Å². The second-order valence-corrected chi connectivity index (χ2v) is 3.89. The first kappa shape index (κ1) is 15.0. The Morgan fingerprint density at radius 2 is 1.94 bits per heavy atom. The highest BCUT2D eigenvalue weighted by Crippen LogP contribution is 2.13. The first-order chi connectivity index (χ1) is 8.79. The van der Waals surface area contributed by atoms with Crippen LogP contribution in [0.15, 0.2) is 30.3 Å². The molecule has 0 N–H and O–H groups in total. The predicted octanol–water partition coefficient (Wildman–Crippen LogP) is 1.92. The quantitative estimate of drug-likeness (QED) is 0.536. The summed E-state index contributed by atoms with van der Waals surface area (Å²) in [7, 11) is 1.62. The van der Waals surface area contributed by atoms with Gasteiger partial charge in [-0.1, -0.05) is 18.2 Å². The number of alkyl halides is 1. The second kappa shape index (κ2) is 8.91. The van der Waals surface area contributed by atoms with Gasteiger partial charge in [-0.3, -0.25) is 4.79 Å². The third kappa shape index (κ3) is 5.04. The summed E-state index contributed by atoms with van der Waals surface area (Å²) in [4.78, 5) is 13.4. The summed E-state index contributed by atoms with van der Waals surface area (Å²) in [5.74, 6) is -0.161. The van der Waals surface area contributed by atoms with Crippen LogP contribution >= 0.6 is 11.6 Å². The molecule has 5 heteroatoms. The average Bonchev–Trinajstić information content (AvgIpc) is 2.43. The molecule has 0 saturated carbocycles. The van der Waals surface area contributed by atoms with E-state index in [2.05, 4.69) is 0 Å². The maximum Gasteiger partial charge on any atom is 0.241 e. The molecule has 1 rings (SSSR count). The molecule has 4 nitrogen and oxygen atoms in total. The standard InChI is InChI=1S/C13H18ClNO3/c1-17-9-10-18-8-7-15(13(16)11-14)12-5-3-2-4-6-12/h2-6H,7-11H2,1H3. The van der Waals surface area contributed by atoms with E-state index in [0.29, 0.717) is 26.4 Å². The second-order valence-electron chi connectivity index (χ2n) is 3.62. The Bertz CT molecular complexity index is 345. The molecule has 0 heterocycles. The van der Waals surface area contributed by atoms with Gasteiger partial charge in [0.05, 0.1) is 19.8 Å². The molecule has 18 heavy (non-hydrogen) atoms. The Hall–Kier alpha value is -1.10. The zero-order chi connectivity index (χ0) is 13.2. The normalized spacial score (nSPS) is 10.3. The maximum absolute atomic E-state index is 11.7. The van der Waals surface area contributed by atoms with Crippen molar-refractivity contribution in [1.29, 1.82) is 0 Å². The van der Waals surface area contributed by atoms with E-state index in [-0.39, 0.29) is 11.8 Å². The summed E-state index contributed by atoms with van der Waals surface area (Å²) < 4.78 is 10.2. The van der Waals surface area contributed by atoms with Crippen LogP contribution in [0.25, 0.3) is 0 Å². The van der Waals surface area contributed by atoms with Crippen molar-refractivity contribution in [3.05, 3.63) is 30.3 Å². The zero-order valence-electron chi connectivity index (χ0n) is 10.5. The number of amides is 1. The molecule has 1 aromatic carbocycles. The van der Waals surface area contributed by atoms with Crippen LogP contribution in [0.4, 0.5) is 5.69 Å². The minimum absolute atomic E-state index is 0.0348. The van der Waals surface area contributed by atoms with E-state index < -0.39 is 0 Å². The lowest BCUT2D eigenvalue weighted by molar-refractivity contribution is -0.116. The minimum atomic E-state index is -0.127. The Morgan fingerprint density at radius 1 is 1.22 bits per heavy atom. The molecule has 0 aromatic heterocycles. The van der Waals surface area contributed by atoms with Crippen molar-refractivity contribution in [2.24, 2.45) is 0 Å². The first-order valence-electron chi connectivity index (χ1n) is 5.77. The van der Waals surface area contributed by atoms with Crippen LogP contribution in [-0.4, -0.2) is 45.3 Å². The lowest BCUT2D eigenvalue weighted by Gasteiger charge is -2.21. The van der Waals surface area contributed by atoms with Crippen molar-refractivity contribution in [3.8, 4) is 0 Å². The Morgan fingerprint density at radius 3 is 2.56 bits per heavy atom. The number of rotatable bonds is 8. The van der Waals surface area contributed by atoms with Crippen molar-refractivity contribution >= 4 is 23.2 Å². The highest BCUT2D eigenvalue weighted by Gasteiger charge is 2.13. The molecule has 0 aliphatic rings. The Balaban J connectivity index is 2.50. The highest BCUT2D eigenvalue weighted by atomic mass is 35.5. The Labute approximate surface area is 112 Å². The minimum Gasteiger partial charge on any atom is -0.382 e. The van der Waals surface area contributed by atoms with Gasteiger partial charge >= 0.3 is 0 Å². The number of hydrogen-bond donors (Lipinski definition) is 0. The van der Waals surface area contributed by atoms with Crippen LogP contribution in [-0.2, 0) is 14.3 Å². The monoisotopic (exact) mass is 271 g/mol. The topological polar surface area (TPSA) is 38.8 Å². The number of anilines is 1. The van der Waals surface area contributed by atoms with Gasteiger partial charge in [-0.05, 0) is 12.1 Å². The number of hydrogen-bond acceptors (Lipinski definition) is 3. The average molecular weight is 272 g/mol. The predicted molar refractivity (Wildman–Crippen MR) is 72.2 cm³/mol. The van der Waals surface area contributed by atoms with Crippen LogP contribution in [0.5, 0.6) is 0 Å². The highest BCUT2D eigenvalue weighted by molar-refractivity contribution is 6.29. The van der Waals surface area contributed by atoms with Gasteiger partial charge < -0.3 is 14.4 Å². The third-order valence-electron chi connectivity index (χ3n) is 2.37. The molecule has 0 atom stereocenters. The van der Waals surface area contributed by atoms with E-state index in [4.69, 9.17) is 21.1 Å². The third-order valence-corrected chi connectivity index (χ3v) is 2.60. The molecule has 1 amide bonds. The van der Waals surface area contributed by atoms with Gasteiger partial charge in [-0.2, -0.15) is 0 Å². The van der Waals surface area contributed by atoms with Crippen LogP contribution < -0.4 is 4.90 Å². The molecule has 0 spiro atoms. The Kier molecular flexibility index (Phi) is 7.41. The molecule has 0 saturated heterocycles. The number of carbonyl (C=O) groups is 1. The van der Waals surface area contributed by atoms with Crippen molar-refractivity contribution in [2.75, 3.05) is 44.3 Å². The van der Waals surface area contributed by atoms with Gasteiger partial charge in [0.2, 0.25) is 5.91 Å². The SMILES string of the molecule is COCCOCCN(C(=O)CCl)c1ccccc1. The lowest BCUT2D eigenvalue weighted by Crippen LogP contribution is -2.35. The van der Waals surface area contributed by atoms with Crippen LogP contribution in [0.3, 0.4) is 0 Å². The molecular formula is C13H18ClNO3. The molecule has 100 valence electrons. The lowest BCUT2D eigenvalue weighted by atomic mass is 10.3. The fourth-order valence-electron chi connectivity index (χ4n) is 1.48. The first-order valence-corrected chi connectivity index (χ1v) is 6.31. The van der Waals surface area contributed by atoms with Gasteiger partial charge in [0, 0.05) is 19.3 Å². The van der Waals surface area contributed by atoms with E-state index in [1.165, 1.54) is 0 Å². The van der Waals surface area contributed by atoms with Gasteiger partial charge in [0.15, 0.2) is 0 Å². The number of nitrogens with zero attached hydrogens (tertiary/aromatic N) is 1. The number of halogens is 1. The number of carbonyl (C=O) groups excluding carboxylic acids is 1. The fraction of sp³-hybridized carbons (Fsp3) is 0.462. The largest absolute Gasteiger partial charge is 0.382 e. The van der Waals surface area contributed by atoms with Gasteiger partial charge in [0.25, 0.3) is 0 Å². The molecular weight excluding hydrogens is 254 g/mol. The maximum atomic E-state index is 11.7. The van der Waals surface area contributed by atoms with E-state index in [1.807, 2.05) is 30.3 Å². The van der Waals surface area contributed by atoms with Gasteiger partial charge in [0.1, 0.15) is 5.88 Å². The fourth-order valence-corrected chi connectivity index (χ4v) is 1.62. The van der Waals surface area contributed by atoms with E-state index >= 15 is 0 Å². The summed E-state index contributed by atoms with van der Waals surface area (Å²) in [5, 5.41) is 0. The van der Waals surface area contributed by atoms with Crippen molar-refractivity contribution in [3.63, 3.8) is 0 Å². The summed E-state index contributed by atoms with van der Waals surface area (Å²) >= 11 is 5.61. The van der Waals surface area contributed by atoms with Crippen LogP contribution in [0, 0.1) is 0 Å². The molecule has 0 radical (unpaired) electrons. The van der Waals surface area contributed by atoms with Crippen LogP contribution in [0.1, 0.15) is 0 Å². The zero-order valence-corrected chi connectivity index (χ0v) is 11.2. The number of methoxy groups -OCH3 is 1. The van der Waals surface area contributed by atoms with E-state index in [0.717, 1.165) is 5.69 Å². The summed E-state index contributed by atoms with van der Waals surface area (Å²) in [5.41, 5.74) is 0.832. The molecule has 0 aliphatic heterocycles. The molecule has 0 fully saturated rings. The number of benzene rings is 1. The van der Waals surface area contributed by atoms with Crippen molar-refractivity contribution < 1.29 is 14.3 Å². The van der Waals surface area contributed by atoms with Crippen molar-refractivity contribution in [2.45, 2.75) is 0 Å². The summed E-state index contributed by atoms with van der Waals surface area (Å²) in [6, 6.07) is 9.42. The molecule has 0 bridgehead atoms. The van der Waals surface area contributed by atoms with E-state index in [9.17, 15) is 4.79 Å². The van der Waals surface area contributed by atoms with Gasteiger partial charge in [-0.25, -0.2) is 0 Å². The summed E-state index contributed by atoms with van der Waals surface area (Å²) in [6.45, 7) is 2.02.